The Morgan fingerprint density at radius 2 is 1.94 bits per heavy atom. The third kappa shape index (κ3) is 4.26. The van der Waals surface area contributed by atoms with Crippen LogP contribution in [-0.2, 0) is 13.6 Å². The van der Waals surface area contributed by atoms with E-state index in [1.54, 1.807) is 58.5 Å². The Morgan fingerprint density at radius 3 is 2.67 bits per heavy atom. The van der Waals surface area contributed by atoms with Crippen molar-refractivity contribution in [3.8, 4) is 5.88 Å². The van der Waals surface area contributed by atoms with E-state index in [0.29, 0.717) is 40.9 Å². The fourth-order valence-corrected chi connectivity index (χ4v) is 4.15. The standard InChI is InChI=1S/C25H25N9O2/c1-4-36-21-9-7-17(31-32-21)14-34(15(2)24-27-10-5-11-28-24)25(35)16-6-8-20-18(12-16)19-13-29-33(3)22(19)23(26)30-20/h5-13,15H,4,14H2,1-3H3,(H2,26,30)/t15-/m1/s1. The Balaban J connectivity index is 1.55. The Kier molecular flexibility index (Phi) is 6.11. The molecular formula is C25H25N9O2. The highest BCUT2D eigenvalue weighted by atomic mass is 16.5. The van der Waals surface area contributed by atoms with Gasteiger partial charge in [-0.05, 0) is 44.2 Å². The summed E-state index contributed by atoms with van der Waals surface area (Å²) in [6.07, 6.45) is 5.05. The van der Waals surface area contributed by atoms with Crippen molar-refractivity contribution in [3.05, 3.63) is 72.1 Å². The van der Waals surface area contributed by atoms with E-state index < -0.39 is 6.04 Å². The molecule has 0 aliphatic rings. The number of carbonyl (C=O) groups excluding carboxylic acids is 1. The fourth-order valence-electron chi connectivity index (χ4n) is 4.15. The largest absolute Gasteiger partial charge is 0.477 e. The predicted molar refractivity (Wildman–Crippen MR) is 134 cm³/mol. The topological polar surface area (TPSA) is 138 Å². The van der Waals surface area contributed by atoms with Crippen molar-refractivity contribution in [1.82, 2.24) is 39.8 Å². The van der Waals surface area contributed by atoms with Gasteiger partial charge in [0, 0.05) is 41.8 Å². The Hall–Kier alpha value is -4.67. The summed E-state index contributed by atoms with van der Waals surface area (Å²) in [5, 5.41) is 14.3. The van der Waals surface area contributed by atoms with E-state index in [4.69, 9.17) is 10.5 Å². The number of benzene rings is 1. The minimum atomic E-state index is -0.425. The molecule has 11 nitrogen and oxygen atoms in total. The average molecular weight is 484 g/mol. The van der Waals surface area contributed by atoms with Crippen LogP contribution in [0.15, 0.2) is 55.0 Å². The van der Waals surface area contributed by atoms with E-state index in [0.717, 1.165) is 16.3 Å². The van der Waals surface area contributed by atoms with E-state index in [9.17, 15) is 4.79 Å². The first-order valence-corrected chi connectivity index (χ1v) is 11.5. The maximum Gasteiger partial charge on any atom is 0.254 e. The van der Waals surface area contributed by atoms with Crippen LogP contribution in [0.3, 0.4) is 0 Å². The molecule has 0 spiro atoms. The lowest BCUT2D eigenvalue weighted by atomic mass is 10.1. The SMILES string of the molecule is CCOc1ccc(CN(C(=O)c2ccc3nc(N)c4c(cnn4C)c3c2)[C@H](C)c2ncccn2)nn1. The smallest absolute Gasteiger partial charge is 0.254 e. The average Bonchev–Trinajstić information content (AvgIpc) is 3.30. The summed E-state index contributed by atoms with van der Waals surface area (Å²) in [5.41, 5.74) is 8.66. The number of nitrogen functional groups attached to an aromatic ring is 1. The first kappa shape index (κ1) is 23.1. The molecule has 4 aromatic heterocycles. The summed E-state index contributed by atoms with van der Waals surface area (Å²) in [4.78, 5) is 28.8. The zero-order valence-corrected chi connectivity index (χ0v) is 20.2. The number of pyridine rings is 1. The minimum absolute atomic E-state index is 0.206. The number of aromatic nitrogens is 7. The molecule has 11 heteroatoms. The second-order valence-electron chi connectivity index (χ2n) is 8.27. The van der Waals surface area contributed by atoms with Gasteiger partial charge in [0.25, 0.3) is 5.91 Å². The lowest BCUT2D eigenvalue weighted by molar-refractivity contribution is 0.0663. The minimum Gasteiger partial charge on any atom is -0.477 e. The first-order valence-electron chi connectivity index (χ1n) is 11.5. The van der Waals surface area contributed by atoms with E-state index in [2.05, 4.69) is 30.2 Å². The van der Waals surface area contributed by atoms with Crippen LogP contribution < -0.4 is 10.5 Å². The zero-order chi connectivity index (χ0) is 25.2. The molecular weight excluding hydrogens is 458 g/mol. The Labute approximate surface area is 207 Å². The molecule has 0 saturated heterocycles. The summed E-state index contributed by atoms with van der Waals surface area (Å²) in [7, 11) is 1.81. The second-order valence-corrected chi connectivity index (χ2v) is 8.27. The van der Waals surface area contributed by atoms with Gasteiger partial charge < -0.3 is 15.4 Å². The van der Waals surface area contributed by atoms with Gasteiger partial charge in [-0.3, -0.25) is 9.48 Å². The molecule has 5 aromatic rings. The third-order valence-electron chi connectivity index (χ3n) is 5.96. The van der Waals surface area contributed by atoms with Crippen LogP contribution in [0.5, 0.6) is 5.88 Å². The highest BCUT2D eigenvalue weighted by Crippen LogP contribution is 2.29. The molecule has 182 valence electrons. The fraction of sp³-hybridized carbons (Fsp3) is 0.240. The van der Waals surface area contributed by atoms with Gasteiger partial charge in [0.2, 0.25) is 5.88 Å². The molecule has 0 fully saturated rings. The van der Waals surface area contributed by atoms with Crippen molar-refractivity contribution in [2.45, 2.75) is 26.4 Å². The van der Waals surface area contributed by atoms with Crippen molar-refractivity contribution in [2.24, 2.45) is 7.05 Å². The normalized spacial score (nSPS) is 12.1. The number of nitrogens with two attached hydrogens (primary N) is 1. The Morgan fingerprint density at radius 1 is 1.14 bits per heavy atom. The van der Waals surface area contributed by atoms with Crippen LogP contribution in [0.25, 0.3) is 21.8 Å². The Bertz CT molecular complexity index is 1530. The van der Waals surface area contributed by atoms with E-state index in [1.165, 1.54) is 0 Å². The van der Waals surface area contributed by atoms with Crippen LogP contribution >= 0.6 is 0 Å². The maximum atomic E-state index is 13.9. The molecule has 5 rings (SSSR count). The van der Waals surface area contributed by atoms with Gasteiger partial charge >= 0.3 is 0 Å². The number of hydrogen-bond acceptors (Lipinski definition) is 9. The van der Waals surface area contributed by atoms with Gasteiger partial charge in [-0.25, -0.2) is 15.0 Å². The van der Waals surface area contributed by atoms with Crippen LogP contribution in [0.1, 0.15) is 41.8 Å². The van der Waals surface area contributed by atoms with Gasteiger partial charge in [0.05, 0.1) is 36.6 Å². The second kappa shape index (κ2) is 9.53. The lowest BCUT2D eigenvalue weighted by Gasteiger charge is -2.28. The molecule has 36 heavy (non-hydrogen) atoms. The predicted octanol–water partition coefficient (Wildman–Crippen LogP) is 3.09. The van der Waals surface area contributed by atoms with Crippen LogP contribution in [-0.4, -0.2) is 52.3 Å². The quantitative estimate of drug-likeness (QED) is 0.370. The van der Waals surface area contributed by atoms with Crippen molar-refractivity contribution in [1.29, 1.82) is 0 Å². The van der Waals surface area contributed by atoms with Crippen molar-refractivity contribution < 1.29 is 9.53 Å². The van der Waals surface area contributed by atoms with Gasteiger partial charge in [0.15, 0.2) is 0 Å². The summed E-state index contributed by atoms with van der Waals surface area (Å²) in [5.74, 6) is 1.14. The van der Waals surface area contributed by atoms with Gasteiger partial charge in [-0.1, -0.05) is 0 Å². The molecule has 1 amide bonds. The van der Waals surface area contributed by atoms with Crippen LogP contribution in [0.4, 0.5) is 5.82 Å². The molecule has 0 unspecified atom stereocenters. The molecule has 4 heterocycles. The highest BCUT2D eigenvalue weighted by molar-refractivity contribution is 6.10. The van der Waals surface area contributed by atoms with E-state index in [-0.39, 0.29) is 12.5 Å². The number of nitrogens with zero attached hydrogens (tertiary/aromatic N) is 8. The number of carbonyl (C=O) groups is 1. The number of ether oxygens (including phenoxy) is 1. The molecule has 0 aliphatic carbocycles. The zero-order valence-electron chi connectivity index (χ0n) is 20.2. The number of rotatable bonds is 7. The summed E-state index contributed by atoms with van der Waals surface area (Å²) in [6, 6.07) is 10.2. The monoisotopic (exact) mass is 483 g/mol. The maximum absolute atomic E-state index is 13.9. The van der Waals surface area contributed by atoms with Crippen LogP contribution in [0.2, 0.25) is 0 Å². The van der Waals surface area contributed by atoms with Gasteiger partial charge in [0.1, 0.15) is 17.2 Å². The molecule has 0 aliphatic heterocycles. The molecule has 0 radical (unpaired) electrons. The number of amides is 1. The van der Waals surface area contributed by atoms with Gasteiger partial charge in [-0.2, -0.15) is 10.2 Å². The highest BCUT2D eigenvalue weighted by Gasteiger charge is 2.26. The summed E-state index contributed by atoms with van der Waals surface area (Å²) in [6.45, 7) is 4.47. The number of fused-ring (bicyclic) bond motifs is 3. The molecule has 0 bridgehead atoms. The van der Waals surface area contributed by atoms with E-state index >= 15 is 0 Å². The number of hydrogen-bond donors (Lipinski definition) is 1. The summed E-state index contributed by atoms with van der Waals surface area (Å²) >= 11 is 0. The molecule has 1 atom stereocenters. The van der Waals surface area contributed by atoms with Crippen molar-refractivity contribution in [2.75, 3.05) is 12.3 Å². The van der Waals surface area contributed by atoms with E-state index in [1.807, 2.05) is 27.0 Å². The van der Waals surface area contributed by atoms with Gasteiger partial charge in [-0.15, -0.1) is 5.10 Å². The van der Waals surface area contributed by atoms with Crippen molar-refractivity contribution in [3.63, 3.8) is 0 Å². The molecule has 0 saturated carbocycles. The van der Waals surface area contributed by atoms with Crippen LogP contribution in [0, 0.1) is 0 Å². The third-order valence-corrected chi connectivity index (χ3v) is 5.96. The van der Waals surface area contributed by atoms with Crippen molar-refractivity contribution >= 4 is 33.5 Å². The number of aryl methyl sites for hydroxylation is 1. The molecule has 2 N–H and O–H groups in total. The number of anilines is 1. The lowest BCUT2D eigenvalue weighted by Crippen LogP contribution is -2.34. The molecule has 1 aromatic carbocycles. The summed E-state index contributed by atoms with van der Waals surface area (Å²) < 4.78 is 7.07. The first-order chi connectivity index (χ1) is 17.5.